The van der Waals surface area contributed by atoms with Gasteiger partial charge in [0.15, 0.2) is 0 Å². The van der Waals surface area contributed by atoms with Gasteiger partial charge >= 0.3 is 0 Å². The zero-order chi connectivity index (χ0) is 28.7. The Morgan fingerprint density at radius 2 is 1.83 bits per heavy atom. The molecular formula is C31H35N5O5. The standard InChI is InChI=1S/C31H35N5O5/c1-31(2,39)17-40-26-14-13-25-23(16-33-36(25)27(26)18-7-8-18)29(38)34-20-9-11-21(12-10-20)41-30-22(28(32)37)15-19-5-3-4-6-24(19)35-30/h3-6,13-16,18,20-21,39H,7-12,17H2,1-2H3,(H2,32,37)(H,34,38)/t20-,21-. The molecule has 0 unspecified atom stereocenters. The third kappa shape index (κ3) is 5.83. The fraction of sp³-hybridized carbons (Fsp3) is 0.419. The van der Waals surface area contributed by atoms with Crippen LogP contribution in [0, 0.1) is 0 Å². The molecule has 3 aromatic heterocycles. The summed E-state index contributed by atoms with van der Waals surface area (Å²) in [4.78, 5) is 29.9. The van der Waals surface area contributed by atoms with E-state index in [-0.39, 0.29) is 36.1 Å². The van der Waals surface area contributed by atoms with E-state index in [1.165, 1.54) is 0 Å². The number of para-hydroxylation sites is 1. The number of aromatic nitrogens is 3. The molecule has 0 radical (unpaired) electrons. The third-order valence-corrected chi connectivity index (χ3v) is 7.71. The van der Waals surface area contributed by atoms with E-state index < -0.39 is 11.5 Å². The van der Waals surface area contributed by atoms with Gasteiger partial charge in [0.1, 0.15) is 24.0 Å². The van der Waals surface area contributed by atoms with E-state index in [1.54, 1.807) is 26.1 Å². The third-order valence-electron chi connectivity index (χ3n) is 7.71. The van der Waals surface area contributed by atoms with Gasteiger partial charge in [0.2, 0.25) is 5.88 Å². The molecule has 0 atom stereocenters. The highest BCUT2D eigenvalue weighted by Gasteiger charge is 2.32. The number of carbonyl (C=O) groups is 2. The Morgan fingerprint density at radius 3 is 2.54 bits per heavy atom. The van der Waals surface area contributed by atoms with Crippen LogP contribution in [0.15, 0.2) is 48.7 Å². The Balaban J connectivity index is 1.11. The van der Waals surface area contributed by atoms with Crippen molar-refractivity contribution < 1.29 is 24.2 Å². The topological polar surface area (TPSA) is 141 Å². The van der Waals surface area contributed by atoms with E-state index in [1.807, 2.05) is 40.9 Å². The van der Waals surface area contributed by atoms with E-state index in [0.29, 0.717) is 30.1 Å². The number of aliphatic hydroxyl groups is 1. The molecule has 6 rings (SSSR count). The van der Waals surface area contributed by atoms with Crippen LogP contribution in [-0.4, -0.2) is 55.9 Å². The molecular weight excluding hydrogens is 522 g/mol. The maximum absolute atomic E-state index is 13.3. The average molecular weight is 558 g/mol. The quantitative estimate of drug-likeness (QED) is 0.281. The van der Waals surface area contributed by atoms with Crippen molar-refractivity contribution in [3.63, 3.8) is 0 Å². The van der Waals surface area contributed by atoms with Crippen molar-refractivity contribution in [1.82, 2.24) is 19.9 Å². The lowest BCUT2D eigenvalue weighted by Gasteiger charge is -2.29. The van der Waals surface area contributed by atoms with Crippen molar-refractivity contribution in [1.29, 1.82) is 0 Å². The number of ether oxygens (including phenoxy) is 2. The molecule has 10 nitrogen and oxygen atoms in total. The van der Waals surface area contributed by atoms with Gasteiger partial charge in [-0.15, -0.1) is 0 Å². The molecule has 0 saturated heterocycles. The first kappa shape index (κ1) is 27.0. The molecule has 2 aliphatic rings. The molecule has 3 heterocycles. The summed E-state index contributed by atoms with van der Waals surface area (Å²) in [5.41, 5.74) is 7.87. The minimum Gasteiger partial charge on any atom is -0.489 e. The summed E-state index contributed by atoms with van der Waals surface area (Å²) in [6.07, 6.45) is 6.45. The summed E-state index contributed by atoms with van der Waals surface area (Å²) >= 11 is 0. The second-order valence-electron chi connectivity index (χ2n) is 11.8. The molecule has 0 bridgehead atoms. The van der Waals surface area contributed by atoms with E-state index in [9.17, 15) is 14.7 Å². The van der Waals surface area contributed by atoms with Gasteiger partial charge in [-0.3, -0.25) is 9.59 Å². The first-order valence-electron chi connectivity index (χ1n) is 14.2. The smallest absolute Gasteiger partial charge is 0.255 e. The summed E-state index contributed by atoms with van der Waals surface area (Å²) in [7, 11) is 0. The molecule has 4 N–H and O–H groups in total. The van der Waals surface area contributed by atoms with Gasteiger partial charge in [-0.2, -0.15) is 5.10 Å². The van der Waals surface area contributed by atoms with E-state index in [2.05, 4.69) is 15.4 Å². The van der Waals surface area contributed by atoms with Crippen LogP contribution < -0.4 is 20.5 Å². The van der Waals surface area contributed by atoms with Crippen molar-refractivity contribution in [2.45, 2.75) is 76.0 Å². The fourth-order valence-electron chi connectivity index (χ4n) is 5.45. The van der Waals surface area contributed by atoms with E-state index in [4.69, 9.17) is 15.2 Å². The molecule has 0 spiro atoms. The van der Waals surface area contributed by atoms with Crippen LogP contribution in [0.1, 0.15) is 84.7 Å². The number of nitrogens with two attached hydrogens (primary N) is 1. The van der Waals surface area contributed by atoms with Gasteiger partial charge in [0.05, 0.1) is 34.1 Å². The SMILES string of the molecule is CC(C)(O)COc1ccc2c(C(=O)N[C@H]3CC[C@H](Oc4nc5ccccc5cc4C(N)=O)CC3)cnn2c1C1CC1. The van der Waals surface area contributed by atoms with Crippen LogP contribution in [0.5, 0.6) is 11.6 Å². The molecule has 2 saturated carbocycles. The number of amides is 2. The molecule has 0 aliphatic heterocycles. The van der Waals surface area contributed by atoms with Crippen LogP contribution in [0.3, 0.4) is 0 Å². The highest BCUT2D eigenvalue weighted by molar-refractivity contribution is 6.01. The predicted octanol–water partition coefficient (Wildman–Crippen LogP) is 4.13. The lowest BCUT2D eigenvalue weighted by atomic mass is 9.92. The van der Waals surface area contributed by atoms with Crippen molar-refractivity contribution in [2.75, 3.05) is 6.61 Å². The van der Waals surface area contributed by atoms with Crippen molar-refractivity contribution >= 4 is 28.2 Å². The van der Waals surface area contributed by atoms with Crippen LogP contribution in [-0.2, 0) is 0 Å². The number of rotatable bonds is 9. The molecule has 1 aromatic carbocycles. The number of hydrogen-bond acceptors (Lipinski definition) is 7. The number of fused-ring (bicyclic) bond motifs is 2. The van der Waals surface area contributed by atoms with Gasteiger partial charge in [-0.25, -0.2) is 9.50 Å². The maximum atomic E-state index is 13.3. The number of pyridine rings is 2. The van der Waals surface area contributed by atoms with Crippen LogP contribution in [0.25, 0.3) is 16.4 Å². The normalized spacial score (nSPS) is 19.3. The molecule has 4 aromatic rings. The van der Waals surface area contributed by atoms with Gasteiger partial charge in [0, 0.05) is 17.3 Å². The lowest BCUT2D eigenvalue weighted by Crippen LogP contribution is -2.39. The Morgan fingerprint density at radius 1 is 1.07 bits per heavy atom. The fourth-order valence-corrected chi connectivity index (χ4v) is 5.45. The number of primary amides is 1. The number of nitrogens with one attached hydrogen (secondary N) is 1. The van der Waals surface area contributed by atoms with Crippen LogP contribution in [0.2, 0.25) is 0 Å². The van der Waals surface area contributed by atoms with E-state index >= 15 is 0 Å². The summed E-state index contributed by atoms with van der Waals surface area (Å²) in [6.45, 7) is 3.58. The zero-order valence-corrected chi connectivity index (χ0v) is 23.3. The highest BCUT2D eigenvalue weighted by Crippen LogP contribution is 2.44. The minimum absolute atomic E-state index is 0.00484. The maximum Gasteiger partial charge on any atom is 0.255 e. The average Bonchev–Trinajstić information content (AvgIpc) is 3.69. The lowest BCUT2D eigenvalue weighted by molar-refractivity contribution is 0.0279. The summed E-state index contributed by atoms with van der Waals surface area (Å²) in [5, 5.41) is 18.7. The van der Waals surface area contributed by atoms with Gasteiger partial charge in [-0.1, -0.05) is 18.2 Å². The Hall–Kier alpha value is -4.18. The highest BCUT2D eigenvalue weighted by atomic mass is 16.5. The molecule has 10 heteroatoms. The number of hydrogen-bond donors (Lipinski definition) is 3. The van der Waals surface area contributed by atoms with Crippen molar-refractivity contribution in [3.05, 3.63) is 65.5 Å². The van der Waals surface area contributed by atoms with Crippen molar-refractivity contribution in [2.24, 2.45) is 5.73 Å². The summed E-state index contributed by atoms with van der Waals surface area (Å²) < 4.78 is 13.9. The number of carbonyl (C=O) groups excluding carboxylic acids is 2. The molecule has 2 amide bonds. The predicted molar refractivity (Wildman–Crippen MR) is 153 cm³/mol. The Kier molecular flexibility index (Phi) is 7.03. The molecule has 2 fully saturated rings. The molecule has 41 heavy (non-hydrogen) atoms. The van der Waals surface area contributed by atoms with Crippen molar-refractivity contribution in [3.8, 4) is 11.6 Å². The zero-order valence-electron chi connectivity index (χ0n) is 23.3. The Labute approximate surface area is 237 Å². The minimum atomic E-state index is -0.953. The monoisotopic (exact) mass is 557 g/mol. The second-order valence-corrected chi connectivity index (χ2v) is 11.8. The first-order chi connectivity index (χ1) is 19.7. The Bertz CT molecular complexity index is 1610. The first-order valence-corrected chi connectivity index (χ1v) is 14.2. The van der Waals surface area contributed by atoms with E-state index in [0.717, 1.165) is 47.8 Å². The number of nitrogens with zero attached hydrogens (tertiary/aromatic N) is 3. The summed E-state index contributed by atoms with van der Waals surface area (Å²) in [5.74, 6) is 0.536. The largest absolute Gasteiger partial charge is 0.489 e. The van der Waals surface area contributed by atoms with Gasteiger partial charge < -0.3 is 25.6 Å². The molecule has 2 aliphatic carbocycles. The second kappa shape index (κ2) is 10.7. The number of benzene rings is 1. The van der Waals surface area contributed by atoms with Crippen LogP contribution >= 0.6 is 0 Å². The van der Waals surface area contributed by atoms with Gasteiger partial charge in [-0.05, 0) is 76.6 Å². The van der Waals surface area contributed by atoms with Crippen LogP contribution in [0.4, 0.5) is 0 Å². The molecule has 214 valence electrons. The summed E-state index contributed by atoms with van der Waals surface area (Å²) in [6, 6.07) is 13.0. The van der Waals surface area contributed by atoms with Gasteiger partial charge in [0.25, 0.3) is 11.8 Å².